The first-order chi connectivity index (χ1) is 9.06. The first-order valence-corrected chi connectivity index (χ1v) is 6.78. The highest BCUT2D eigenvalue weighted by atomic mass is 16.3. The summed E-state index contributed by atoms with van der Waals surface area (Å²) in [6.07, 6.45) is 3.53. The summed E-state index contributed by atoms with van der Waals surface area (Å²) >= 11 is 0. The van der Waals surface area contributed by atoms with E-state index in [4.69, 9.17) is 0 Å². The van der Waals surface area contributed by atoms with Gasteiger partial charge in [-0.05, 0) is 55.2 Å². The summed E-state index contributed by atoms with van der Waals surface area (Å²) in [6.45, 7) is 4.09. The van der Waals surface area contributed by atoms with E-state index in [0.29, 0.717) is 17.5 Å². The minimum atomic E-state index is 0.431. The normalized spacial score (nSPS) is 15.5. The Morgan fingerprint density at radius 2 is 2.00 bits per heavy atom. The molecule has 5 nitrogen and oxygen atoms in total. The molecule has 1 aromatic heterocycles. The van der Waals surface area contributed by atoms with Crippen LogP contribution in [0.5, 0.6) is 0 Å². The molecular weight excluding hydrogens is 240 g/mol. The Balaban J connectivity index is 2.17. The topological polar surface area (TPSA) is 54.1 Å². The van der Waals surface area contributed by atoms with E-state index < -0.39 is 0 Å². The van der Waals surface area contributed by atoms with E-state index in [9.17, 15) is 4.91 Å². The zero-order valence-electron chi connectivity index (χ0n) is 11.7. The van der Waals surface area contributed by atoms with Crippen LogP contribution in [0.25, 0.3) is 11.0 Å². The van der Waals surface area contributed by atoms with E-state index in [1.807, 2.05) is 30.8 Å². The van der Waals surface area contributed by atoms with Gasteiger partial charge in [0.1, 0.15) is 16.0 Å². The quantitative estimate of drug-likeness (QED) is 0.832. The Morgan fingerprint density at radius 1 is 1.32 bits per heavy atom. The van der Waals surface area contributed by atoms with Crippen molar-refractivity contribution in [1.82, 2.24) is 4.68 Å². The van der Waals surface area contributed by atoms with Crippen molar-refractivity contribution in [3.05, 3.63) is 28.2 Å². The second-order valence-corrected chi connectivity index (χ2v) is 5.51. The molecule has 0 bridgehead atoms. The molecule has 0 radical (unpaired) electrons. The third-order valence-corrected chi connectivity index (χ3v) is 4.09. The summed E-state index contributed by atoms with van der Waals surface area (Å²) in [6, 6.07) is 4.43. The van der Waals surface area contributed by atoms with Crippen molar-refractivity contribution in [2.24, 2.45) is 7.05 Å². The van der Waals surface area contributed by atoms with Crippen molar-refractivity contribution >= 4 is 17.0 Å². The fourth-order valence-corrected chi connectivity index (χ4v) is 2.44. The monoisotopic (exact) mass is 260 g/mol. The number of anilines is 1. The number of hydrogen-bond donors (Lipinski definition) is 1. The average Bonchev–Trinajstić information content (AvgIpc) is 2.32. The van der Waals surface area contributed by atoms with Gasteiger partial charge in [-0.3, -0.25) is 0 Å². The number of aromatic amines is 1. The number of hydrogen-bond acceptors (Lipinski definition) is 2. The van der Waals surface area contributed by atoms with Crippen LogP contribution in [0.3, 0.4) is 0 Å². The van der Waals surface area contributed by atoms with Crippen molar-refractivity contribution in [3.8, 4) is 0 Å². The van der Waals surface area contributed by atoms with Gasteiger partial charge in [-0.25, -0.2) is 0 Å². The van der Waals surface area contributed by atoms with E-state index in [-0.39, 0.29) is 0 Å². The third-order valence-electron chi connectivity index (χ3n) is 4.09. The molecular formula is C14H20N4O+2. The molecule has 1 fully saturated rings. The first kappa shape index (κ1) is 12.1. The van der Waals surface area contributed by atoms with E-state index in [1.54, 1.807) is 0 Å². The van der Waals surface area contributed by atoms with Crippen LogP contribution in [0.2, 0.25) is 0 Å². The number of H-pyrrole nitrogens is 1. The smallest absolute Gasteiger partial charge is 0.192 e. The Labute approximate surface area is 111 Å². The van der Waals surface area contributed by atoms with E-state index in [0.717, 1.165) is 28.3 Å². The molecule has 2 N–H and O–H groups in total. The largest absolute Gasteiger partial charge is 0.591 e. The maximum atomic E-state index is 12.4. The number of fused-ring (bicyclic) bond motifs is 1. The summed E-state index contributed by atoms with van der Waals surface area (Å²) in [5.41, 5.74) is 3.94. The number of rotatable bonds is 2. The zero-order valence-corrected chi connectivity index (χ0v) is 11.7. The van der Waals surface area contributed by atoms with Gasteiger partial charge in [0.25, 0.3) is 0 Å². The van der Waals surface area contributed by atoms with Crippen LogP contribution in [0.4, 0.5) is 5.95 Å². The molecule has 1 aliphatic rings. The molecule has 0 atom stereocenters. The number of nitrogens with zero attached hydrogens (tertiary/aromatic N) is 2. The Bertz CT molecular complexity index is 701. The lowest BCUT2D eigenvalue weighted by molar-refractivity contribution is -0.594. The molecule has 1 aliphatic carbocycles. The van der Waals surface area contributed by atoms with Crippen LogP contribution in [-0.2, 0) is 7.05 Å². The SMILES string of the molecule is Cc1cc2c(cc1C)[n+](=O)c(NC1CCC1)[nH+]n2C. The van der Waals surface area contributed by atoms with Crippen LogP contribution in [0.15, 0.2) is 12.1 Å². The van der Waals surface area contributed by atoms with Crippen molar-refractivity contribution in [2.45, 2.75) is 39.2 Å². The van der Waals surface area contributed by atoms with Crippen molar-refractivity contribution < 1.29 is 9.53 Å². The van der Waals surface area contributed by atoms with Gasteiger partial charge in [0.15, 0.2) is 0 Å². The molecule has 3 rings (SSSR count). The number of nitrogens with one attached hydrogen (secondary N) is 2. The Kier molecular flexibility index (Phi) is 2.77. The lowest BCUT2D eigenvalue weighted by atomic mass is 9.93. The van der Waals surface area contributed by atoms with Crippen LogP contribution >= 0.6 is 0 Å². The Hall–Kier alpha value is -1.91. The Morgan fingerprint density at radius 3 is 2.63 bits per heavy atom. The third kappa shape index (κ3) is 1.99. The highest BCUT2D eigenvalue weighted by Crippen LogP contribution is 2.21. The molecule has 1 aromatic carbocycles. The molecule has 0 saturated heterocycles. The minimum absolute atomic E-state index is 0.431. The fourth-order valence-electron chi connectivity index (χ4n) is 2.44. The zero-order chi connectivity index (χ0) is 13.6. The lowest BCUT2D eigenvalue weighted by Crippen LogP contribution is -2.42. The van der Waals surface area contributed by atoms with Crippen LogP contribution in [0, 0.1) is 18.8 Å². The summed E-state index contributed by atoms with van der Waals surface area (Å²) in [5.74, 6) is 0.531. The van der Waals surface area contributed by atoms with Crippen molar-refractivity contribution in [2.75, 3.05) is 5.32 Å². The molecule has 19 heavy (non-hydrogen) atoms. The molecule has 1 saturated carbocycles. The van der Waals surface area contributed by atoms with Gasteiger partial charge in [0.05, 0.1) is 7.05 Å². The summed E-state index contributed by atoms with van der Waals surface area (Å²) in [4.78, 5) is 12.4. The average molecular weight is 260 g/mol. The maximum Gasteiger partial charge on any atom is 0.591 e. The highest BCUT2D eigenvalue weighted by molar-refractivity contribution is 5.73. The molecule has 1 heterocycles. The fraction of sp³-hybridized carbons (Fsp3) is 0.500. The van der Waals surface area contributed by atoms with Gasteiger partial charge in [-0.2, -0.15) is 10.00 Å². The molecule has 0 unspecified atom stereocenters. The van der Waals surface area contributed by atoms with Gasteiger partial charge >= 0.3 is 5.95 Å². The van der Waals surface area contributed by atoms with Crippen molar-refractivity contribution in [1.29, 1.82) is 0 Å². The van der Waals surface area contributed by atoms with Gasteiger partial charge in [0, 0.05) is 6.07 Å². The second-order valence-electron chi connectivity index (χ2n) is 5.51. The van der Waals surface area contributed by atoms with Crippen molar-refractivity contribution in [3.63, 3.8) is 0 Å². The molecule has 5 heteroatoms. The minimum Gasteiger partial charge on any atom is -0.192 e. The molecule has 100 valence electrons. The summed E-state index contributed by atoms with van der Waals surface area (Å²) < 4.78 is 2.87. The standard InChI is InChI=1S/C14H19N4O/c1-9-7-12-13(8-10(9)2)18(19)14(16-17(12)3)15-11-5-4-6-11/h7-8,11H,4-6H2,1-3H3,(H,15,16)/q+1/p+1. The molecule has 0 spiro atoms. The van der Waals surface area contributed by atoms with Gasteiger partial charge in [-0.15, -0.1) is 0 Å². The summed E-state index contributed by atoms with van der Waals surface area (Å²) in [5, 5.41) is 6.41. The second kappa shape index (κ2) is 4.33. The number of benzene rings is 1. The first-order valence-electron chi connectivity index (χ1n) is 6.78. The van der Waals surface area contributed by atoms with Crippen LogP contribution in [-0.4, -0.2) is 10.7 Å². The van der Waals surface area contributed by atoms with E-state index in [2.05, 4.69) is 17.3 Å². The van der Waals surface area contributed by atoms with Gasteiger partial charge in [-0.1, -0.05) is 5.10 Å². The van der Waals surface area contributed by atoms with Gasteiger partial charge in [0.2, 0.25) is 5.52 Å². The molecule has 0 aliphatic heterocycles. The molecule has 2 aromatic rings. The maximum absolute atomic E-state index is 12.4. The lowest BCUT2D eigenvalue weighted by Gasteiger charge is -2.18. The predicted molar refractivity (Wildman–Crippen MR) is 73.6 cm³/mol. The van der Waals surface area contributed by atoms with E-state index >= 15 is 0 Å². The highest BCUT2D eigenvalue weighted by Gasteiger charge is 2.30. The molecule has 0 amide bonds. The predicted octanol–water partition coefficient (Wildman–Crippen LogP) is 1.49. The number of aryl methyl sites for hydroxylation is 3. The number of aromatic nitrogens is 3. The van der Waals surface area contributed by atoms with Crippen LogP contribution < -0.4 is 14.8 Å². The van der Waals surface area contributed by atoms with E-state index in [1.165, 1.54) is 12.0 Å². The van der Waals surface area contributed by atoms with Crippen LogP contribution in [0.1, 0.15) is 30.4 Å². The summed E-state index contributed by atoms with van der Waals surface area (Å²) in [7, 11) is 1.93. The van der Waals surface area contributed by atoms with Gasteiger partial charge < -0.3 is 0 Å².